The predicted octanol–water partition coefficient (Wildman–Crippen LogP) is 2.56. The topological polar surface area (TPSA) is 67.0 Å². The molecule has 0 saturated carbocycles. The van der Waals surface area contributed by atoms with Crippen LogP contribution >= 0.6 is 11.9 Å². The van der Waals surface area contributed by atoms with E-state index < -0.39 is 0 Å². The van der Waals surface area contributed by atoms with Crippen LogP contribution in [0.5, 0.6) is 0 Å². The maximum atomic E-state index is 8.98. The number of nitriles is 1. The molecule has 1 fully saturated rings. The summed E-state index contributed by atoms with van der Waals surface area (Å²) in [5.41, 5.74) is 2.52. The van der Waals surface area contributed by atoms with Gasteiger partial charge in [0.25, 0.3) is 0 Å². The predicted molar refractivity (Wildman–Crippen MR) is 106 cm³/mol. The molecule has 0 aliphatic carbocycles. The van der Waals surface area contributed by atoms with Gasteiger partial charge in [0.1, 0.15) is 5.82 Å². The van der Waals surface area contributed by atoms with Gasteiger partial charge in [0.15, 0.2) is 0 Å². The first-order chi connectivity index (χ1) is 12.1. The van der Waals surface area contributed by atoms with Crippen LogP contribution in [0.25, 0.3) is 0 Å². The fourth-order valence-corrected chi connectivity index (χ4v) is 3.55. The van der Waals surface area contributed by atoms with Gasteiger partial charge in [0.05, 0.1) is 19.2 Å². The second-order valence-corrected chi connectivity index (χ2v) is 6.89. The monoisotopic (exact) mass is 358 g/mol. The number of rotatable bonds is 7. The van der Waals surface area contributed by atoms with E-state index in [0.29, 0.717) is 25.0 Å². The Kier molecular flexibility index (Phi) is 7.44. The number of nitrogens with one attached hydrogen (secondary N) is 1. The van der Waals surface area contributed by atoms with Gasteiger partial charge in [-0.1, -0.05) is 18.5 Å². The highest BCUT2D eigenvalue weighted by Crippen LogP contribution is 2.28. The van der Waals surface area contributed by atoms with E-state index in [2.05, 4.69) is 45.2 Å². The molecule has 0 aromatic carbocycles. The third-order valence-electron chi connectivity index (χ3n) is 4.51. The lowest BCUT2D eigenvalue weighted by Crippen LogP contribution is -2.39. The lowest BCUT2D eigenvalue weighted by molar-refractivity contribution is 0.311. The van der Waals surface area contributed by atoms with Crippen LogP contribution in [0.4, 0.5) is 0 Å². The van der Waals surface area contributed by atoms with Crippen LogP contribution in [-0.4, -0.2) is 61.2 Å². The molecule has 0 spiro atoms. The molecular weight excluding hydrogens is 332 g/mol. The lowest BCUT2D eigenvalue weighted by atomic mass is 10.0. The van der Waals surface area contributed by atoms with Crippen molar-refractivity contribution in [3.63, 3.8) is 0 Å². The Morgan fingerprint density at radius 1 is 1.48 bits per heavy atom. The minimum absolute atomic E-state index is 0.317. The fraction of sp³-hybridized carbons (Fsp3) is 0.500. The molecule has 2 heterocycles. The fourth-order valence-electron chi connectivity index (χ4n) is 2.97. The Balaban J connectivity index is 1.96. The molecule has 0 radical (unpaired) electrons. The van der Waals surface area contributed by atoms with Crippen molar-refractivity contribution in [2.45, 2.75) is 25.3 Å². The van der Waals surface area contributed by atoms with Gasteiger partial charge in [-0.15, -0.1) is 0 Å². The van der Waals surface area contributed by atoms with E-state index >= 15 is 0 Å². The Bertz CT molecular complexity index is 634. The molecule has 0 aromatic heterocycles. The first-order valence-electron chi connectivity index (χ1n) is 8.34. The smallest absolute Gasteiger partial charge is 0.140 e. The Labute approximate surface area is 154 Å². The summed E-state index contributed by atoms with van der Waals surface area (Å²) in [6.07, 6.45) is 8.46. The molecule has 0 amide bonds. The molecule has 7 heteroatoms. The molecule has 6 nitrogen and oxygen atoms in total. The molecule has 134 valence electrons. The summed E-state index contributed by atoms with van der Waals surface area (Å²) in [5.74, 6) is 0.712. The van der Waals surface area contributed by atoms with E-state index in [1.54, 1.807) is 6.21 Å². The van der Waals surface area contributed by atoms with E-state index in [4.69, 9.17) is 5.26 Å². The number of hydrogen-bond donors (Lipinski definition) is 1. The number of nitrogens with zero attached hydrogens (tertiary/aromatic N) is 5. The van der Waals surface area contributed by atoms with Gasteiger partial charge in [-0.2, -0.15) is 5.26 Å². The van der Waals surface area contributed by atoms with E-state index in [0.717, 1.165) is 42.8 Å². The van der Waals surface area contributed by atoms with E-state index in [1.807, 2.05) is 30.0 Å². The largest absolute Gasteiger partial charge is 0.329 e. The van der Waals surface area contributed by atoms with Gasteiger partial charge in [0.2, 0.25) is 0 Å². The summed E-state index contributed by atoms with van der Waals surface area (Å²) in [7, 11) is 1.88. The molecule has 1 saturated heterocycles. The highest BCUT2D eigenvalue weighted by atomic mass is 32.2. The first-order valence-corrected chi connectivity index (χ1v) is 9.52. The highest BCUT2D eigenvalue weighted by molar-refractivity contribution is 7.96. The number of piperidine rings is 1. The van der Waals surface area contributed by atoms with E-state index in [1.165, 1.54) is 0 Å². The quantitative estimate of drug-likeness (QED) is 0.560. The average molecular weight is 359 g/mol. The minimum Gasteiger partial charge on any atom is -0.329 e. The second kappa shape index (κ2) is 9.56. The maximum Gasteiger partial charge on any atom is 0.140 e. The van der Waals surface area contributed by atoms with Crippen molar-refractivity contribution in [3.05, 3.63) is 35.3 Å². The molecule has 1 N–H and O–H groups in total. The summed E-state index contributed by atoms with van der Waals surface area (Å²) >= 11 is 1.81. The molecule has 2 rings (SSSR count). The van der Waals surface area contributed by atoms with Gasteiger partial charge in [-0.25, -0.2) is 4.99 Å². The third-order valence-corrected chi connectivity index (χ3v) is 5.40. The Morgan fingerprint density at radius 2 is 2.20 bits per heavy atom. The molecule has 2 aliphatic heterocycles. The van der Waals surface area contributed by atoms with Crippen LogP contribution in [0.2, 0.25) is 0 Å². The zero-order chi connectivity index (χ0) is 18.2. The number of hydrogen-bond acceptors (Lipinski definition) is 7. The van der Waals surface area contributed by atoms with E-state index in [9.17, 15) is 0 Å². The number of allylic oxidation sites excluding steroid dienone is 3. The van der Waals surface area contributed by atoms with Crippen LogP contribution in [0.3, 0.4) is 0 Å². The Morgan fingerprint density at radius 3 is 2.80 bits per heavy atom. The molecular formula is C18H26N6S. The van der Waals surface area contributed by atoms with Gasteiger partial charge >= 0.3 is 0 Å². The normalized spacial score (nSPS) is 20.1. The summed E-state index contributed by atoms with van der Waals surface area (Å²) < 4.78 is 2.39. The third kappa shape index (κ3) is 5.05. The van der Waals surface area contributed by atoms with E-state index in [-0.39, 0.29) is 0 Å². The van der Waals surface area contributed by atoms with Crippen molar-refractivity contribution < 1.29 is 0 Å². The van der Waals surface area contributed by atoms with Crippen molar-refractivity contribution in [2.75, 3.05) is 33.1 Å². The summed E-state index contributed by atoms with van der Waals surface area (Å²) in [6, 6.07) is 2.69. The summed E-state index contributed by atoms with van der Waals surface area (Å²) in [4.78, 5) is 10.4. The number of likely N-dealkylation sites (N-methyl/N-ethyl adjacent to an activating group) is 1. The van der Waals surface area contributed by atoms with Crippen LogP contribution in [-0.2, 0) is 0 Å². The van der Waals surface area contributed by atoms with Gasteiger partial charge in [-0.3, -0.25) is 14.6 Å². The molecule has 0 unspecified atom stereocenters. The van der Waals surface area contributed by atoms with Crippen molar-refractivity contribution in [1.82, 2.24) is 14.5 Å². The second-order valence-electron chi connectivity index (χ2n) is 6.01. The van der Waals surface area contributed by atoms with Crippen molar-refractivity contribution >= 4 is 24.9 Å². The summed E-state index contributed by atoms with van der Waals surface area (Å²) in [6.45, 7) is 10.5. The molecule has 0 atom stereocenters. The Hall–Kier alpha value is -1.88. The van der Waals surface area contributed by atoms with Crippen LogP contribution in [0.15, 0.2) is 45.3 Å². The van der Waals surface area contributed by atoms with Crippen molar-refractivity contribution in [2.24, 2.45) is 9.98 Å². The maximum absolute atomic E-state index is 8.98. The van der Waals surface area contributed by atoms with Crippen LogP contribution in [0.1, 0.15) is 19.3 Å². The van der Waals surface area contributed by atoms with Crippen molar-refractivity contribution in [3.8, 4) is 6.07 Å². The molecule has 2 aliphatic rings. The molecule has 25 heavy (non-hydrogen) atoms. The standard InChI is InChI=1S/C18H26N6S/c1-14-15(5-8-19)11-16(18(20-2)23(14)3)12-21-13-22-17-6-9-24(25-4)10-7-17/h11-12,17,22H,1-2,5-7,9-10,13H2,3-4H3. The zero-order valence-corrected chi connectivity index (χ0v) is 15.8. The SMILES string of the molecule is C=NC1=C(C=NCNC2CCN(SC)CC2)C=C(CC#N)C(=C)N1C. The van der Waals surface area contributed by atoms with Crippen LogP contribution < -0.4 is 5.32 Å². The summed E-state index contributed by atoms with van der Waals surface area (Å²) in [5, 5.41) is 12.5. The minimum atomic E-state index is 0.317. The van der Waals surface area contributed by atoms with Crippen LogP contribution in [0, 0.1) is 11.3 Å². The first kappa shape index (κ1) is 19.4. The van der Waals surface area contributed by atoms with Crippen molar-refractivity contribution in [1.29, 1.82) is 5.26 Å². The number of aliphatic imine (C=N–C) groups is 2. The zero-order valence-electron chi connectivity index (χ0n) is 15.0. The lowest BCUT2D eigenvalue weighted by Gasteiger charge is -2.30. The molecule has 0 bridgehead atoms. The molecule has 0 aromatic rings. The average Bonchev–Trinajstić information content (AvgIpc) is 2.63. The van der Waals surface area contributed by atoms with Gasteiger partial charge in [0, 0.05) is 43.7 Å². The van der Waals surface area contributed by atoms with Gasteiger partial charge < -0.3 is 4.90 Å². The highest BCUT2D eigenvalue weighted by Gasteiger charge is 2.20. The van der Waals surface area contributed by atoms with Gasteiger partial charge in [-0.05, 0) is 37.5 Å².